The average molecular weight is 228 g/mol. The number of carboxylic acids is 1. The molecular weight excluding hydrogens is 212 g/mol. The first-order chi connectivity index (χ1) is 8.25. The zero-order valence-corrected chi connectivity index (χ0v) is 9.73. The third-order valence-electron chi connectivity index (χ3n) is 2.88. The Morgan fingerprint density at radius 1 is 1.29 bits per heavy atom. The quantitative estimate of drug-likeness (QED) is 0.857. The number of carboxylic acid groups (broad SMARTS) is 1. The molecule has 0 fully saturated rings. The molecule has 2 heteroatoms. The average Bonchev–Trinajstić information content (AvgIpc) is 2.38. The normalized spacial score (nSPS) is 14.5. The minimum absolute atomic E-state index is 0.193. The van der Waals surface area contributed by atoms with Gasteiger partial charge in [0.2, 0.25) is 0 Å². The van der Waals surface area contributed by atoms with Crippen molar-refractivity contribution in [2.75, 3.05) is 0 Å². The maximum atomic E-state index is 10.5. The summed E-state index contributed by atoms with van der Waals surface area (Å²) in [4.78, 5) is 10.5. The third kappa shape index (κ3) is 3.31. The Labute approximate surface area is 101 Å². The van der Waals surface area contributed by atoms with Crippen molar-refractivity contribution in [3.05, 3.63) is 53.6 Å². The van der Waals surface area contributed by atoms with Crippen LogP contribution in [-0.2, 0) is 11.2 Å². The Bertz CT molecular complexity index is 470. The maximum Gasteiger partial charge on any atom is 0.303 e. The molecule has 0 radical (unpaired) electrons. The lowest BCUT2D eigenvalue weighted by molar-refractivity contribution is -0.136. The van der Waals surface area contributed by atoms with E-state index in [1.807, 2.05) is 12.1 Å². The van der Waals surface area contributed by atoms with E-state index in [9.17, 15) is 4.79 Å². The second-order valence-corrected chi connectivity index (χ2v) is 4.23. The summed E-state index contributed by atoms with van der Waals surface area (Å²) in [5.41, 5.74) is 3.52. The van der Waals surface area contributed by atoms with Gasteiger partial charge in [-0.1, -0.05) is 42.5 Å². The van der Waals surface area contributed by atoms with E-state index in [1.54, 1.807) is 0 Å². The van der Waals surface area contributed by atoms with Gasteiger partial charge in [0.15, 0.2) is 0 Å². The molecule has 1 aromatic carbocycles. The second-order valence-electron chi connectivity index (χ2n) is 4.23. The van der Waals surface area contributed by atoms with Crippen molar-refractivity contribution >= 4 is 11.5 Å². The molecule has 0 aliphatic heterocycles. The molecular formula is C15H16O2. The van der Waals surface area contributed by atoms with Crippen molar-refractivity contribution in [3.63, 3.8) is 0 Å². The Balaban J connectivity index is 2.13. The molecule has 1 N–H and O–H groups in total. The van der Waals surface area contributed by atoms with Crippen LogP contribution < -0.4 is 0 Å². The summed E-state index contributed by atoms with van der Waals surface area (Å²) in [6, 6.07) is 8.14. The van der Waals surface area contributed by atoms with Crippen molar-refractivity contribution in [1.82, 2.24) is 0 Å². The highest BCUT2D eigenvalue weighted by molar-refractivity contribution is 5.75. The fraction of sp³-hybridized carbons (Fsp3) is 0.267. The molecule has 88 valence electrons. The topological polar surface area (TPSA) is 37.3 Å². The smallest absolute Gasteiger partial charge is 0.303 e. The SMILES string of the molecule is O=C(O)CCc1cccc(C2=CCCC=C2)c1. The first-order valence-electron chi connectivity index (χ1n) is 5.93. The second kappa shape index (κ2) is 5.48. The van der Waals surface area contributed by atoms with Crippen LogP contribution in [0.1, 0.15) is 30.4 Å². The van der Waals surface area contributed by atoms with Crippen molar-refractivity contribution in [2.24, 2.45) is 0 Å². The first kappa shape index (κ1) is 11.6. The van der Waals surface area contributed by atoms with Gasteiger partial charge in [0.05, 0.1) is 0 Å². The standard InChI is InChI=1S/C15H16O2/c16-15(17)10-9-12-5-4-8-14(11-12)13-6-2-1-3-7-13/h2,4-8,11H,1,3,9-10H2,(H,16,17). The van der Waals surface area contributed by atoms with E-state index >= 15 is 0 Å². The van der Waals surface area contributed by atoms with Gasteiger partial charge < -0.3 is 5.11 Å². The van der Waals surface area contributed by atoms with Gasteiger partial charge in [-0.15, -0.1) is 0 Å². The number of aliphatic carboxylic acids is 1. The summed E-state index contributed by atoms with van der Waals surface area (Å²) >= 11 is 0. The van der Waals surface area contributed by atoms with Crippen LogP contribution in [0.4, 0.5) is 0 Å². The largest absolute Gasteiger partial charge is 0.481 e. The molecule has 1 aliphatic rings. The van der Waals surface area contributed by atoms with Crippen LogP contribution in [0.5, 0.6) is 0 Å². The van der Waals surface area contributed by atoms with Crippen molar-refractivity contribution in [3.8, 4) is 0 Å². The summed E-state index contributed by atoms with van der Waals surface area (Å²) in [6.07, 6.45) is 9.54. The zero-order valence-electron chi connectivity index (χ0n) is 9.73. The molecule has 0 amide bonds. The first-order valence-corrected chi connectivity index (χ1v) is 5.93. The molecule has 2 rings (SSSR count). The molecule has 0 unspecified atom stereocenters. The molecule has 2 nitrogen and oxygen atoms in total. The highest BCUT2D eigenvalue weighted by Crippen LogP contribution is 2.22. The molecule has 0 saturated carbocycles. The van der Waals surface area contributed by atoms with E-state index in [1.165, 1.54) is 11.1 Å². The van der Waals surface area contributed by atoms with Gasteiger partial charge in [-0.2, -0.15) is 0 Å². The molecule has 0 heterocycles. The molecule has 0 spiro atoms. The summed E-state index contributed by atoms with van der Waals surface area (Å²) in [7, 11) is 0. The maximum absolute atomic E-state index is 10.5. The molecule has 0 bridgehead atoms. The van der Waals surface area contributed by atoms with Crippen molar-refractivity contribution in [2.45, 2.75) is 25.7 Å². The highest BCUT2D eigenvalue weighted by atomic mass is 16.4. The van der Waals surface area contributed by atoms with E-state index in [2.05, 4.69) is 30.4 Å². The van der Waals surface area contributed by atoms with Crippen LogP contribution in [-0.4, -0.2) is 11.1 Å². The van der Waals surface area contributed by atoms with E-state index in [4.69, 9.17) is 5.11 Å². The van der Waals surface area contributed by atoms with Crippen LogP contribution in [0.2, 0.25) is 0 Å². The third-order valence-corrected chi connectivity index (χ3v) is 2.88. The number of rotatable bonds is 4. The Morgan fingerprint density at radius 3 is 2.88 bits per heavy atom. The summed E-state index contributed by atoms with van der Waals surface area (Å²) in [5, 5.41) is 8.67. The number of carbonyl (C=O) groups is 1. The lowest BCUT2D eigenvalue weighted by atomic mass is 9.97. The molecule has 0 atom stereocenters. The number of allylic oxidation sites excluding steroid dienone is 4. The van der Waals surface area contributed by atoms with E-state index in [0.29, 0.717) is 6.42 Å². The van der Waals surface area contributed by atoms with E-state index in [-0.39, 0.29) is 6.42 Å². The number of hydrogen-bond donors (Lipinski definition) is 1. The predicted octanol–water partition coefficient (Wildman–Crippen LogP) is 3.44. The molecule has 0 saturated heterocycles. The van der Waals surface area contributed by atoms with Gasteiger partial charge in [0.25, 0.3) is 0 Å². The number of hydrogen-bond acceptors (Lipinski definition) is 1. The molecule has 1 aliphatic carbocycles. The van der Waals surface area contributed by atoms with Gasteiger partial charge in [0.1, 0.15) is 0 Å². The van der Waals surface area contributed by atoms with Gasteiger partial charge >= 0.3 is 5.97 Å². The summed E-state index contributed by atoms with van der Waals surface area (Å²) in [5.74, 6) is -0.743. The van der Waals surface area contributed by atoms with E-state index in [0.717, 1.165) is 18.4 Å². The number of aryl methyl sites for hydroxylation is 1. The van der Waals surface area contributed by atoms with Gasteiger partial charge in [-0.05, 0) is 36.0 Å². The Kier molecular flexibility index (Phi) is 3.76. The zero-order chi connectivity index (χ0) is 12.1. The van der Waals surface area contributed by atoms with E-state index < -0.39 is 5.97 Å². The van der Waals surface area contributed by atoms with Crippen molar-refractivity contribution in [1.29, 1.82) is 0 Å². The van der Waals surface area contributed by atoms with Crippen LogP contribution in [0, 0.1) is 0 Å². The fourth-order valence-electron chi connectivity index (χ4n) is 1.99. The van der Waals surface area contributed by atoms with Crippen LogP contribution in [0.3, 0.4) is 0 Å². The Morgan fingerprint density at radius 2 is 2.18 bits per heavy atom. The fourth-order valence-corrected chi connectivity index (χ4v) is 1.99. The number of benzene rings is 1. The lowest BCUT2D eigenvalue weighted by Gasteiger charge is -2.08. The monoisotopic (exact) mass is 228 g/mol. The van der Waals surface area contributed by atoms with Crippen LogP contribution in [0.15, 0.2) is 42.5 Å². The van der Waals surface area contributed by atoms with Gasteiger partial charge in [0, 0.05) is 6.42 Å². The van der Waals surface area contributed by atoms with Crippen molar-refractivity contribution < 1.29 is 9.90 Å². The van der Waals surface area contributed by atoms with Gasteiger partial charge in [-0.3, -0.25) is 4.79 Å². The molecule has 17 heavy (non-hydrogen) atoms. The Hall–Kier alpha value is -1.83. The van der Waals surface area contributed by atoms with Gasteiger partial charge in [-0.25, -0.2) is 0 Å². The van der Waals surface area contributed by atoms with Crippen LogP contribution >= 0.6 is 0 Å². The van der Waals surface area contributed by atoms with Crippen LogP contribution in [0.25, 0.3) is 5.57 Å². The lowest BCUT2D eigenvalue weighted by Crippen LogP contribution is -1.98. The minimum atomic E-state index is -0.743. The predicted molar refractivity (Wildman–Crippen MR) is 68.7 cm³/mol. The minimum Gasteiger partial charge on any atom is -0.481 e. The highest BCUT2D eigenvalue weighted by Gasteiger charge is 2.03. The summed E-state index contributed by atoms with van der Waals surface area (Å²) < 4.78 is 0. The molecule has 0 aromatic heterocycles. The molecule has 1 aromatic rings. The summed E-state index contributed by atoms with van der Waals surface area (Å²) in [6.45, 7) is 0.